The zero-order valence-electron chi connectivity index (χ0n) is 37.9. The van der Waals surface area contributed by atoms with Crippen LogP contribution in [0.1, 0.15) is 176 Å². The quantitative estimate of drug-likeness (QED) is 0.0257. The van der Waals surface area contributed by atoms with Crippen molar-refractivity contribution in [3.05, 3.63) is 108 Å². The van der Waals surface area contributed by atoms with Crippen molar-refractivity contribution < 1.29 is 38.0 Å². The third-order valence-electron chi connectivity index (χ3n) is 10.9. The Bertz CT molecular complexity index is 1600. The molecule has 0 bridgehead atoms. The minimum atomic E-state index is -0.405. The van der Waals surface area contributed by atoms with E-state index >= 15 is 0 Å². The Balaban J connectivity index is 0.969. The highest BCUT2D eigenvalue weighted by molar-refractivity contribution is 5.91. The van der Waals surface area contributed by atoms with E-state index in [1.165, 1.54) is 89.9 Å². The van der Waals surface area contributed by atoms with Crippen LogP contribution in [0.2, 0.25) is 0 Å². The van der Waals surface area contributed by atoms with Crippen LogP contribution in [0.25, 0.3) is 0 Å². The lowest BCUT2D eigenvalue weighted by Gasteiger charge is -2.09. The van der Waals surface area contributed by atoms with E-state index in [-0.39, 0.29) is 0 Å². The number of carbonyl (C=O) groups is 2. The summed E-state index contributed by atoms with van der Waals surface area (Å²) in [5.74, 6) is 3.21. The number of rotatable bonds is 35. The van der Waals surface area contributed by atoms with Gasteiger partial charge in [-0.2, -0.15) is 0 Å². The van der Waals surface area contributed by atoms with Gasteiger partial charge in [-0.1, -0.05) is 129 Å². The summed E-state index contributed by atoms with van der Waals surface area (Å²) < 4.78 is 34.7. The number of benzene rings is 4. The smallest absolute Gasteiger partial charge is 0.343 e. The molecular formula is C54H74O8. The Hall–Kier alpha value is -4.98. The number of ether oxygens (including phenoxy) is 6. The molecule has 0 aliphatic rings. The second-order valence-electron chi connectivity index (χ2n) is 16.2. The predicted molar refractivity (Wildman–Crippen MR) is 251 cm³/mol. The van der Waals surface area contributed by atoms with Gasteiger partial charge in [0.1, 0.15) is 34.5 Å². The third kappa shape index (κ3) is 21.7. The highest BCUT2D eigenvalue weighted by Gasteiger charge is 2.11. The van der Waals surface area contributed by atoms with Crippen molar-refractivity contribution in [2.24, 2.45) is 0 Å². The van der Waals surface area contributed by atoms with E-state index in [0.717, 1.165) is 74.4 Å². The molecule has 0 aromatic heterocycles. The van der Waals surface area contributed by atoms with Gasteiger partial charge in [-0.25, -0.2) is 9.59 Å². The van der Waals surface area contributed by atoms with Crippen LogP contribution in [-0.4, -0.2) is 38.4 Å². The minimum absolute atomic E-state index is 0.405. The van der Waals surface area contributed by atoms with Crippen LogP contribution in [0.3, 0.4) is 0 Å². The van der Waals surface area contributed by atoms with Crippen LogP contribution in [-0.2, 0) is 0 Å². The monoisotopic (exact) mass is 851 g/mol. The first-order valence-corrected chi connectivity index (χ1v) is 23.9. The summed E-state index contributed by atoms with van der Waals surface area (Å²) in [6, 6.07) is 28.6. The van der Waals surface area contributed by atoms with Gasteiger partial charge in [0.05, 0.1) is 37.6 Å². The van der Waals surface area contributed by atoms with Crippen molar-refractivity contribution in [1.29, 1.82) is 0 Å². The molecule has 0 saturated heterocycles. The largest absolute Gasteiger partial charge is 0.494 e. The van der Waals surface area contributed by atoms with Crippen LogP contribution >= 0.6 is 0 Å². The summed E-state index contributed by atoms with van der Waals surface area (Å²) in [4.78, 5) is 25.4. The van der Waals surface area contributed by atoms with Crippen LogP contribution in [0, 0.1) is 0 Å². The molecule has 0 unspecified atom stereocenters. The standard InChI is InChI=1S/C54H74O8/c1-3-5-7-9-11-13-17-21-43-59-49-33-37-51(38-34-49)61-53(55)45-25-29-47(30-26-45)57-41-23-19-15-16-20-24-42-58-48-31-27-46(28-32-48)54(56)62-52-39-35-50(36-40-52)60-44-22-18-14-12-10-8-6-4-2/h25-40H,3-24,41-44H2,1-2H3. The van der Waals surface area contributed by atoms with Crippen molar-refractivity contribution >= 4 is 11.9 Å². The van der Waals surface area contributed by atoms with E-state index in [2.05, 4.69) is 13.8 Å². The lowest BCUT2D eigenvalue weighted by atomic mass is 10.1. The molecule has 4 aromatic carbocycles. The zero-order valence-corrected chi connectivity index (χ0v) is 37.9. The number of esters is 2. The van der Waals surface area contributed by atoms with E-state index in [9.17, 15) is 9.59 Å². The summed E-state index contributed by atoms with van der Waals surface area (Å²) in [6.45, 7) is 7.16. The van der Waals surface area contributed by atoms with E-state index in [4.69, 9.17) is 28.4 Å². The van der Waals surface area contributed by atoms with Gasteiger partial charge in [0, 0.05) is 0 Å². The summed E-state index contributed by atoms with van der Waals surface area (Å²) in [5.41, 5.74) is 0.946. The molecule has 0 atom stereocenters. The molecular weight excluding hydrogens is 777 g/mol. The molecule has 338 valence electrons. The highest BCUT2D eigenvalue weighted by atomic mass is 16.5. The third-order valence-corrected chi connectivity index (χ3v) is 10.9. The average molecular weight is 851 g/mol. The molecule has 0 fully saturated rings. The van der Waals surface area contributed by atoms with Crippen LogP contribution in [0.15, 0.2) is 97.1 Å². The van der Waals surface area contributed by atoms with Crippen LogP contribution in [0.4, 0.5) is 0 Å². The highest BCUT2D eigenvalue weighted by Crippen LogP contribution is 2.23. The molecule has 4 aromatic rings. The Morgan fingerprint density at radius 2 is 0.500 bits per heavy atom. The fourth-order valence-electron chi connectivity index (χ4n) is 7.06. The normalized spacial score (nSPS) is 10.9. The lowest BCUT2D eigenvalue weighted by molar-refractivity contribution is 0.0725. The average Bonchev–Trinajstić information content (AvgIpc) is 3.30. The van der Waals surface area contributed by atoms with Gasteiger partial charge in [-0.3, -0.25) is 0 Å². The van der Waals surface area contributed by atoms with Gasteiger partial charge >= 0.3 is 11.9 Å². The molecule has 0 spiro atoms. The topological polar surface area (TPSA) is 89.5 Å². The van der Waals surface area contributed by atoms with E-state index < -0.39 is 11.9 Å². The molecule has 0 aliphatic carbocycles. The van der Waals surface area contributed by atoms with Crippen molar-refractivity contribution in [2.45, 2.75) is 155 Å². The van der Waals surface area contributed by atoms with E-state index in [1.54, 1.807) is 48.5 Å². The van der Waals surface area contributed by atoms with Gasteiger partial charge in [-0.05, 0) is 123 Å². The molecule has 0 heterocycles. The van der Waals surface area contributed by atoms with Gasteiger partial charge in [-0.15, -0.1) is 0 Å². The van der Waals surface area contributed by atoms with E-state index in [1.807, 2.05) is 48.5 Å². The fraction of sp³-hybridized carbons (Fsp3) is 0.519. The fourth-order valence-corrected chi connectivity index (χ4v) is 7.06. The first-order valence-electron chi connectivity index (χ1n) is 23.9. The Labute approximate surface area is 373 Å². The lowest BCUT2D eigenvalue weighted by Crippen LogP contribution is -2.08. The van der Waals surface area contributed by atoms with Crippen molar-refractivity contribution in [3.63, 3.8) is 0 Å². The van der Waals surface area contributed by atoms with Gasteiger partial charge in [0.25, 0.3) is 0 Å². The van der Waals surface area contributed by atoms with E-state index in [0.29, 0.717) is 49.1 Å². The number of unbranched alkanes of at least 4 members (excludes halogenated alkanes) is 19. The van der Waals surface area contributed by atoms with Crippen LogP contribution < -0.4 is 28.4 Å². The minimum Gasteiger partial charge on any atom is -0.494 e. The summed E-state index contributed by atoms with van der Waals surface area (Å²) in [7, 11) is 0. The van der Waals surface area contributed by atoms with Crippen molar-refractivity contribution in [2.75, 3.05) is 26.4 Å². The molecule has 0 aliphatic heterocycles. The van der Waals surface area contributed by atoms with Crippen molar-refractivity contribution in [1.82, 2.24) is 0 Å². The number of hydrogen-bond acceptors (Lipinski definition) is 8. The first-order chi connectivity index (χ1) is 30.5. The second kappa shape index (κ2) is 31.8. The Morgan fingerprint density at radius 3 is 0.758 bits per heavy atom. The van der Waals surface area contributed by atoms with Gasteiger partial charge in [0.15, 0.2) is 0 Å². The molecule has 0 N–H and O–H groups in total. The zero-order chi connectivity index (χ0) is 43.7. The van der Waals surface area contributed by atoms with Crippen LogP contribution in [0.5, 0.6) is 34.5 Å². The predicted octanol–water partition coefficient (Wildman–Crippen LogP) is 15.0. The SMILES string of the molecule is CCCCCCCCCCOc1ccc(OC(=O)c2ccc(OCCCCCCCCOc3ccc(C(=O)Oc4ccc(OCCCCCCCCCC)cc4)cc3)cc2)cc1. The summed E-state index contributed by atoms with van der Waals surface area (Å²) >= 11 is 0. The summed E-state index contributed by atoms with van der Waals surface area (Å²) in [6.07, 6.45) is 26.7. The number of carbonyl (C=O) groups excluding carboxylic acids is 2. The maximum atomic E-state index is 12.7. The molecule has 8 heteroatoms. The Morgan fingerprint density at radius 1 is 0.290 bits per heavy atom. The van der Waals surface area contributed by atoms with Gasteiger partial charge < -0.3 is 28.4 Å². The molecule has 8 nitrogen and oxygen atoms in total. The summed E-state index contributed by atoms with van der Waals surface area (Å²) in [5, 5.41) is 0. The molecule has 0 saturated carbocycles. The molecule has 0 amide bonds. The number of hydrogen-bond donors (Lipinski definition) is 0. The molecule has 0 radical (unpaired) electrons. The second-order valence-corrected chi connectivity index (χ2v) is 16.2. The van der Waals surface area contributed by atoms with Crippen molar-refractivity contribution in [3.8, 4) is 34.5 Å². The molecule has 62 heavy (non-hydrogen) atoms. The van der Waals surface area contributed by atoms with Gasteiger partial charge in [0.2, 0.25) is 0 Å². The maximum absolute atomic E-state index is 12.7. The maximum Gasteiger partial charge on any atom is 0.343 e. The molecule has 4 rings (SSSR count). The first kappa shape index (κ1) is 49.7. The Kier molecular flexibility index (Phi) is 25.5.